The highest BCUT2D eigenvalue weighted by Gasteiger charge is 2.16. The number of carbonyl (C=O) groups excluding carboxylic acids is 2. The van der Waals surface area contributed by atoms with Gasteiger partial charge in [0.1, 0.15) is 17.3 Å². The van der Waals surface area contributed by atoms with Crippen LogP contribution in [0, 0.1) is 0 Å². The van der Waals surface area contributed by atoms with Gasteiger partial charge in [-0.2, -0.15) is 0 Å². The third-order valence-corrected chi connectivity index (χ3v) is 6.52. The molecule has 1 aliphatic rings. The van der Waals surface area contributed by atoms with Crippen LogP contribution in [-0.4, -0.2) is 36.9 Å². The van der Waals surface area contributed by atoms with Crippen LogP contribution < -0.4 is 20.7 Å². The first-order valence-electron chi connectivity index (χ1n) is 13.6. The molecule has 0 spiro atoms. The fraction of sp³-hybridized carbons (Fsp3) is 0.242. The first-order chi connectivity index (χ1) is 19.6. The average Bonchev–Trinajstić information content (AvgIpc) is 3.03. The second kappa shape index (κ2) is 15.2. The predicted molar refractivity (Wildman–Crippen MR) is 163 cm³/mol. The molecule has 208 valence electrons. The molecule has 4 aromatic rings. The number of nitrogens with zero attached hydrogens (tertiary/aromatic N) is 1. The second-order valence-corrected chi connectivity index (χ2v) is 8.85. The summed E-state index contributed by atoms with van der Waals surface area (Å²) in [5, 5.41) is 10.6. The van der Waals surface area contributed by atoms with Crippen LogP contribution in [-0.2, 0) is 0 Å². The number of hydrogen-bond donors (Lipinski definition) is 3. The predicted octanol–water partition coefficient (Wildman–Crippen LogP) is 6.93. The van der Waals surface area contributed by atoms with E-state index in [2.05, 4.69) is 34.1 Å². The van der Waals surface area contributed by atoms with E-state index in [1.165, 1.54) is 5.56 Å². The van der Waals surface area contributed by atoms with E-state index in [4.69, 9.17) is 4.74 Å². The van der Waals surface area contributed by atoms with Crippen molar-refractivity contribution >= 4 is 28.4 Å². The molecule has 5 rings (SSSR count). The summed E-state index contributed by atoms with van der Waals surface area (Å²) in [5.74, 6) is 1.76. The number of hydrogen-bond acceptors (Lipinski definition) is 5. The van der Waals surface area contributed by atoms with E-state index in [-0.39, 0.29) is 11.8 Å². The first-order valence-corrected chi connectivity index (χ1v) is 13.6. The van der Waals surface area contributed by atoms with Gasteiger partial charge in [-0.15, -0.1) is 13.2 Å². The Kier molecular flexibility index (Phi) is 11.4. The molecule has 0 aliphatic carbocycles. The number of benzene rings is 3. The van der Waals surface area contributed by atoms with Crippen molar-refractivity contribution in [2.24, 2.45) is 0 Å². The average molecular weight is 539 g/mol. The number of nitrogens with one attached hydrogen (secondary N) is 3. The van der Waals surface area contributed by atoms with Crippen molar-refractivity contribution in [3.63, 3.8) is 0 Å². The fourth-order valence-corrected chi connectivity index (χ4v) is 4.59. The lowest BCUT2D eigenvalue weighted by molar-refractivity contribution is 0.0963. The molecule has 1 aliphatic heterocycles. The summed E-state index contributed by atoms with van der Waals surface area (Å²) >= 11 is 0. The standard InChI is InChI=1S/C29H28N4O3.C2H6.C2H4/c1-30-29(35)26-4-2-3-22-17-23(9-10-25(22)26)36-24-13-16-32-27(18-24)33-28(34)21-7-5-19(6-8-21)20-11-14-31-15-12-20;2*1-2/h2-10,13,16-18,20,31H,11-12,14-15H2,1H3,(H,30,35)(H,32,33,34);1-2H3;1-2H2. The van der Waals surface area contributed by atoms with E-state index in [1.54, 1.807) is 31.4 Å². The zero-order valence-electron chi connectivity index (χ0n) is 23.5. The lowest BCUT2D eigenvalue weighted by Gasteiger charge is -2.23. The number of pyridine rings is 1. The molecule has 7 nitrogen and oxygen atoms in total. The Bertz CT molecular complexity index is 1410. The molecule has 0 atom stereocenters. The van der Waals surface area contributed by atoms with Crippen LogP contribution in [0.15, 0.2) is 92.2 Å². The second-order valence-electron chi connectivity index (χ2n) is 8.85. The smallest absolute Gasteiger partial charge is 0.256 e. The Morgan fingerprint density at radius 1 is 0.900 bits per heavy atom. The highest BCUT2D eigenvalue weighted by Crippen LogP contribution is 2.29. The summed E-state index contributed by atoms with van der Waals surface area (Å²) < 4.78 is 6.03. The Balaban J connectivity index is 0.00000106. The Morgan fingerprint density at radius 2 is 1.60 bits per heavy atom. The number of ether oxygens (including phenoxy) is 1. The minimum atomic E-state index is -0.219. The molecular formula is C33H38N4O3. The molecule has 1 saturated heterocycles. The van der Waals surface area contributed by atoms with Crippen molar-refractivity contribution in [2.45, 2.75) is 32.6 Å². The van der Waals surface area contributed by atoms with Gasteiger partial charge in [-0.1, -0.05) is 38.1 Å². The molecule has 0 saturated carbocycles. The Hall–Kier alpha value is -4.49. The third-order valence-electron chi connectivity index (χ3n) is 6.52. The normalized spacial score (nSPS) is 12.7. The molecular weight excluding hydrogens is 500 g/mol. The van der Waals surface area contributed by atoms with E-state index in [0.29, 0.717) is 34.4 Å². The van der Waals surface area contributed by atoms with Gasteiger partial charge >= 0.3 is 0 Å². The molecule has 0 bridgehead atoms. The molecule has 2 amide bonds. The van der Waals surface area contributed by atoms with E-state index in [0.717, 1.165) is 36.7 Å². The van der Waals surface area contributed by atoms with Crippen molar-refractivity contribution in [2.75, 3.05) is 25.5 Å². The maximum atomic E-state index is 12.8. The molecule has 1 fully saturated rings. The van der Waals surface area contributed by atoms with E-state index < -0.39 is 0 Å². The maximum Gasteiger partial charge on any atom is 0.256 e. The lowest BCUT2D eigenvalue weighted by Crippen LogP contribution is -2.26. The van der Waals surface area contributed by atoms with Crippen LogP contribution in [0.1, 0.15) is 58.9 Å². The number of piperidine rings is 1. The van der Waals surface area contributed by atoms with E-state index in [9.17, 15) is 9.59 Å². The summed E-state index contributed by atoms with van der Waals surface area (Å²) in [5.41, 5.74) is 2.47. The lowest BCUT2D eigenvalue weighted by atomic mass is 9.90. The molecule has 40 heavy (non-hydrogen) atoms. The van der Waals surface area contributed by atoms with Gasteiger partial charge in [0.15, 0.2) is 0 Å². The van der Waals surface area contributed by atoms with Crippen LogP contribution in [0.3, 0.4) is 0 Å². The summed E-state index contributed by atoms with van der Waals surface area (Å²) in [7, 11) is 1.61. The number of aromatic nitrogens is 1. The van der Waals surface area contributed by atoms with Gasteiger partial charge in [0.05, 0.1) is 0 Å². The van der Waals surface area contributed by atoms with Crippen LogP contribution in [0.25, 0.3) is 10.8 Å². The van der Waals surface area contributed by atoms with Crippen molar-refractivity contribution in [1.29, 1.82) is 0 Å². The van der Waals surface area contributed by atoms with E-state index in [1.807, 2.05) is 68.4 Å². The summed E-state index contributed by atoms with van der Waals surface area (Å²) in [6.07, 6.45) is 3.83. The quantitative estimate of drug-likeness (QED) is 0.231. The Morgan fingerprint density at radius 3 is 2.30 bits per heavy atom. The molecule has 0 unspecified atom stereocenters. The molecule has 7 heteroatoms. The number of carbonyl (C=O) groups is 2. The van der Waals surface area contributed by atoms with Gasteiger partial charge in [-0.05, 0) is 90.6 Å². The molecule has 3 N–H and O–H groups in total. The van der Waals surface area contributed by atoms with Gasteiger partial charge in [-0.3, -0.25) is 9.59 Å². The summed E-state index contributed by atoms with van der Waals surface area (Å²) in [6.45, 7) is 12.1. The minimum Gasteiger partial charge on any atom is -0.457 e. The van der Waals surface area contributed by atoms with Gasteiger partial charge in [-0.25, -0.2) is 4.98 Å². The van der Waals surface area contributed by atoms with Crippen LogP contribution in [0.5, 0.6) is 11.5 Å². The monoisotopic (exact) mass is 538 g/mol. The minimum absolute atomic E-state index is 0.135. The van der Waals surface area contributed by atoms with Gasteiger partial charge in [0.2, 0.25) is 0 Å². The van der Waals surface area contributed by atoms with Gasteiger partial charge in [0.25, 0.3) is 11.8 Å². The number of rotatable bonds is 6. The topological polar surface area (TPSA) is 92.3 Å². The number of anilines is 1. The molecule has 0 radical (unpaired) electrons. The summed E-state index contributed by atoms with van der Waals surface area (Å²) in [4.78, 5) is 29.2. The Labute approximate surface area is 236 Å². The van der Waals surface area contributed by atoms with Crippen molar-refractivity contribution < 1.29 is 14.3 Å². The number of amides is 2. The van der Waals surface area contributed by atoms with Crippen molar-refractivity contribution in [1.82, 2.24) is 15.6 Å². The molecule has 2 heterocycles. The SMILES string of the molecule is C=C.CC.CNC(=O)c1cccc2cc(Oc3ccnc(NC(=O)c4ccc(C5CCNCC5)cc4)c3)ccc12. The van der Waals surface area contributed by atoms with E-state index >= 15 is 0 Å². The maximum absolute atomic E-state index is 12.8. The highest BCUT2D eigenvalue weighted by molar-refractivity contribution is 6.07. The van der Waals surface area contributed by atoms with Crippen molar-refractivity contribution in [3.8, 4) is 11.5 Å². The van der Waals surface area contributed by atoms with Gasteiger partial charge in [0, 0.05) is 30.4 Å². The zero-order valence-corrected chi connectivity index (χ0v) is 23.5. The first kappa shape index (κ1) is 30.1. The van der Waals surface area contributed by atoms with Gasteiger partial charge < -0.3 is 20.7 Å². The fourth-order valence-electron chi connectivity index (χ4n) is 4.59. The van der Waals surface area contributed by atoms with Crippen LogP contribution in [0.4, 0.5) is 5.82 Å². The number of fused-ring (bicyclic) bond motifs is 1. The highest BCUT2D eigenvalue weighted by atomic mass is 16.5. The van der Waals surface area contributed by atoms with Crippen LogP contribution in [0.2, 0.25) is 0 Å². The van der Waals surface area contributed by atoms with Crippen LogP contribution >= 0.6 is 0 Å². The molecule has 1 aromatic heterocycles. The largest absolute Gasteiger partial charge is 0.457 e. The zero-order chi connectivity index (χ0) is 28.9. The molecule has 3 aromatic carbocycles. The third kappa shape index (κ3) is 7.55. The summed E-state index contributed by atoms with van der Waals surface area (Å²) in [6, 6.07) is 22.4. The van der Waals surface area contributed by atoms with Crippen molar-refractivity contribution in [3.05, 3.63) is 109 Å².